The van der Waals surface area contributed by atoms with Crippen LogP contribution in [0, 0.1) is 0 Å². The summed E-state index contributed by atoms with van der Waals surface area (Å²) in [4.78, 5) is 22.2. The number of hydrogen-bond donors (Lipinski definition) is 2. The van der Waals surface area contributed by atoms with Crippen LogP contribution in [-0.4, -0.2) is 61.2 Å². The average molecular weight is 287 g/mol. The molecule has 0 aromatic rings. The van der Waals surface area contributed by atoms with Crippen LogP contribution in [0.3, 0.4) is 0 Å². The molecule has 1 saturated heterocycles. The quantitative estimate of drug-likeness (QED) is 0.517. The van der Waals surface area contributed by atoms with Crippen molar-refractivity contribution in [3.05, 3.63) is 12.7 Å². The number of hydrogen-bond acceptors (Lipinski definition) is 6. The van der Waals surface area contributed by atoms with Gasteiger partial charge in [-0.15, -0.1) is 0 Å². The van der Waals surface area contributed by atoms with Gasteiger partial charge in [0.2, 0.25) is 5.91 Å². The highest BCUT2D eigenvalue weighted by Gasteiger charge is 2.44. The third-order valence-electron chi connectivity index (χ3n) is 3.16. The molecule has 1 heterocycles. The Morgan fingerprint density at radius 2 is 2.15 bits per heavy atom. The van der Waals surface area contributed by atoms with Crippen molar-refractivity contribution >= 4 is 11.9 Å². The molecule has 2 unspecified atom stereocenters. The molecule has 114 valence electrons. The van der Waals surface area contributed by atoms with Gasteiger partial charge in [0.25, 0.3) is 0 Å². The Morgan fingerprint density at radius 1 is 1.50 bits per heavy atom. The van der Waals surface area contributed by atoms with Gasteiger partial charge < -0.3 is 24.6 Å². The Morgan fingerprint density at radius 3 is 2.65 bits per heavy atom. The standard InChI is InChI=1S/C13H21NO6/c1-5-10(16)19-6-9-13(18-4)12(17)11(7(2)20-9)14-8(3)15/h5,7,9,11-13,17H,1,6H2,2-4H3,(H,14,15)/t7?,9?,11-,12-,13-/m1/s1. The van der Waals surface area contributed by atoms with E-state index in [1.807, 2.05) is 0 Å². The lowest BCUT2D eigenvalue weighted by Crippen LogP contribution is -2.63. The number of rotatable bonds is 5. The molecule has 20 heavy (non-hydrogen) atoms. The monoisotopic (exact) mass is 287 g/mol. The van der Waals surface area contributed by atoms with Gasteiger partial charge in [-0.25, -0.2) is 4.79 Å². The van der Waals surface area contributed by atoms with E-state index in [4.69, 9.17) is 14.2 Å². The van der Waals surface area contributed by atoms with E-state index < -0.39 is 36.4 Å². The second kappa shape index (κ2) is 7.37. The molecule has 0 spiro atoms. The van der Waals surface area contributed by atoms with E-state index in [2.05, 4.69) is 11.9 Å². The number of amides is 1. The van der Waals surface area contributed by atoms with Crippen LogP contribution < -0.4 is 5.32 Å². The van der Waals surface area contributed by atoms with Gasteiger partial charge in [-0.1, -0.05) is 6.58 Å². The molecule has 1 aliphatic rings. The van der Waals surface area contributed by atoms with Gasteiger partial charge in [0.1, 0.15) is 24.9 Å². The van der Waals surface area contributed by atoms with Crippen LogP contribution in [0.25, 0.3) is 0 Å². The van der Waals surface area contributed by atoms with E-state index in [0.717, 1.165) is 6.08 Å². The van der Waals surface area contributed by atoms with Crippen molar-refractivity contribution in [1.82, 2.24) is 5.32 Å². The molecular weight excluding hydrogens is 266 g/mol. The van der Waals surface area contributed by atoms with Crippen LogP contribution in [0.15, 0.2) is 12.7 Å². The fourth-order valence-electron chi connectivity index (χ4n) is 2.23. The molecule has 0 aromatic carbocycles. The fourth-order valence-corrected chi connectivity index (χ4v) is 2.23. The summed E-state index contributed by atoms with van der Waals surface area (Å²) in [6.45, 7) is 6.32. The van der Waals surface area contributed by atoms with E-state index in [9.17, 15) is 14.7 Å². The van der Waals surface area contributed by atoms with Crippen molar-refractivity contribution in [2.45, 2.75) is 44.3 Å². The maximum Gasteiger partial charge on any atom is 0.330 e. The minimum Gasteiger partial charge on any atom is -0.460 e. The molecule has 7 nitrogen and oxygen atoms in total. The topological polar surface area (TPSA) is 94.1 Å². The summed E-state index contributed by atoms with van der Waals surface area (Å²) < 4.78 is 15.8. The van der Waals surface area contributed by atoms with Crippen LogP contribution in [0.5, 0.6) is 0 Å². The van der Waals surface area contributed by atoms with Crippen molar-refractivity contribution in [3.8, 4) is 0 Å². The van der Waals surface area contributed by atoms with E-state index in [-0.39, 0.29) is 12.5 Å². The fraction of sp³-hybridized carbons (Fsp3) is 0.692. The Labute approximate surface area is 117 Å². The molecule has 1 amide bonds. The molecular formula is C13H21NO6. The van der Waals surface area contributed by atoms with Gasteiger partial charge in [-0.05, 0) is 6.92 Å². The largest absolute Gasteiger partial charge is 0.460 e. The van der Waals surface area contributed by atoms with Crippen LogP contribution in [0.4, 0.5) is 0 Å². The highest BCUT2D eigenvalue weighted by atomic mass is 16.6. The molecule has 5 atom stereocenters. The number of ether oxygens (including phenoxy) is 3. The van der Waals surface area contributed by atoms with E-state index in [1.54, 1.807) is 6.92 Å². The maximum absolute atomic E-state index is 11.1. The predicted molar refractivity (Wildman–Crippen MR) is 69.9 cm³/mol. The molecule has 0 radical (unpaired) electrons. The van der Waals surface area contributed by atoms with Gasteiger partial charge in [-0.2, -0.15) is 0 Å². The van der Waals surface area contributed by atoms with Gasteiger partial charge >= 0.3 is 5.97 Å². The zero-order chi connectivity index (χ0) is 15.3. The molecule has 0 aliphatic carbocycles. The number of esters is 1. The van der Waals surface area contributed by atoms with Crippen LogP contribution >= 0.6 is 0 Å². The summed E-state index contributed by atoms with van der Waals surface area (Å²) in [5.74, 6) is -0.842. The zero-order valence-corrected chi connectivity index (χ0v) is 11.9. The van der Waals surface area contributed by atoms with Gasteiger partial charge in [0, 0.05) is 20.1 Å². The third-order valence-corrected chi connectivity index (χ3v) is 3.16. The molecule has 0 bridgehead atoms. The Balaban J connectivity index is 2.73. The third kappa shape index (κ3) is 4.03. The van der Waals surface area contributed by atoms with E-state index >= 15 is 0 Å². The Hall–Kier alpha value is -1.44. The minimum absolute atomic E-state index is 0.0580. The lowest BCUT2D eigenvalue weighted by molar-refractivity contribution is -0.204. The number of aliphatic hydroxyl groups excluding tert-OH is 1. The second-order valence-electron chi connectivity index (χ2n) is 4.63. The van der Waals surface area contributed by atoms with Crippen molar-refractivity contribution in [2.24, 2.45) is 0 Å². The summed E-state index contributed by atoms with van der Waals surface area (Å²) in [7, 11) is 1.42. The molecule has 0 saturated carbocycles. The van der Waals surface area contributed by atoms with Crippen LogP contribution in [0.2, 0.25) is 0 Å². The summed E-state index contributed by atoms with van der Waals surface area (Å²) >= 11 is 0. The number of nitrogens with one attached hydrogen (secondary N) is 1. The number of aliphatic hydroxyl groups is 1. The molecule has 7 heteroatoms. The summed E-state index contributed by atoms with van der Waals surface area (Å²) in [6, 6.07) is -0.580. The number of methoxy groups -OCH3 is 1. The first-order chi connectivity index (χ1) is 9.40. The number of carbonyl (C=O) groups excluding carboxylic acids is 2. The Kier molecular flexibility index (Phi) is 6.12. The maximum atomic E-state index is 11.1. The van der Waals surface area contributed by atoms with Crippen molar-refractivity contribution in [1.29, 1.82) is 0 Å². The van der Waals surface area contributed by atoms with Crippen LogP contribution in [-0.2, 0) is 23.8 Å². The average Bonchev–Trinajstić information content (AvgIpc) is 2.40. The van der Waals surface area contributed by atoms with Crippen LogP contribution in [0.1, 0.15) is 13.8 Å². The first-order valence-corrected chi connectivity index (χ1v) is 6.33. The van der Waals surface area contributed by atoms with Crippen molar-refractivity contribution in [3.63, 3.8) is 0 Å². The summed E-state index contributed by atoms with van der Waals surface area (Å²) in [5.41, 5.74) is 0. The summed E-state index contributed by atoms with van der Waals surface area (Å²) in [6.07, 6.45) is -1.67. The first-order valence-electron chi connectivity index (χ1n) is 6.33. The molecule has 1 aliphatic heterocycles. The second-order valence-corrected chi connectivity index (χ2v) is 4.63. The lowest BCUT2D eigenvalue weighted by Gasteiger charge is -2.43. The predicted octanol–water partition coefficient (Wildman–Crippen LogP) is -0.616. The van der Waals surface area contributed by atoms with E-state index in [1.165, 1.54) is 14.0 Å². The van der Waals surface area contributed by atoms with E-state index in [0.29, 0.717) is 0 Å². The molecule has 2 N–H and O–H groups in total. The first kappa shape index (κ1) is 16.6. The van der Waals surface area contributed by atoms with Gasteiger partial charge in [0.05, 0.1) is 12.1 Å². The highest BCUT2D eigenvalue weighted by Crippen LogP contribution is 2.23. The van der Waals surface area contributed by atoms with Crippen molar-refractivity contribution in [2.75, 3.05) is 13.7 Å². The molecule has 1 rings (SSSR count). The highest BCUT2D eigenvalue weighted by molar-refractivity contribution is 5.81. The SMILES string of the molecule is C=CC(=O)OCC1OC(C)[C@@H](NC(C)=O)[C@@H](O)[C@@H]1OC. The number of carbonyl (C=O) groups is 2. The zero-order valence-electron chi connectivity index (χ0n) is 11.9. The molecule has 0 aromatic heterocycles. The van der Waals surface area contributed by atoms with Gasteiger partial charge in [0.15, 0.2) is 0 Å². The normalized spacial score (nSPS) is 33.3. The Bertz CT molecular complexity index is 372. The lowest BCUT2D eigenvalue weighted by atomic mass is 9.93. The van der Waals surface area contributed by atoms with Crippen molar-refractivity contribution < 1.29 is 28.9 Å². The van der Waals surface area contributed by atoms with Gasteiger partial charge in [-0.3, -0.25) is 4.79 Å². The minimum atomic E-state index is -0.958. The summed E-state index contributed by atoms with van der Waals surface area (Å²) in [5, 5.41) is 12.9. The smallest absolute Gasteiger partial charge is 0.330 e. The molecule has 1 fully saturated rings.